The summed E-state index contributed by atoms with van der Waals surface area (Å²) in [5.41, 5.74) is 0. The maximum Gasteiger partial charge on any atom is 0.472 e. The minimum atomic E-state index is -4.95. The number of hydrogen-bond acceptors (Lipinski definition) is 14. The molecule has 0 rings (SSSR count). The monoisotopic (exact) mass is 1530 g/mol. The molecule has 608 valence electrons. The van der Waals surface area contributed by atoms with Gasteiger partial charge in [-0.05, 0) is 161 Å². The lowest BCUT2D eigenvalue weighted by molar-refractivity contribution is -0.161. The molecule has 0 radical (unpaired) electrons. The number of carbonyl (C=O) groups excluding carboxylic acids is 3. The van der Waals surface area contributed by atoms with Crippen LogP contribution in [0, 0.1) is 0 Å². The predicted octanol–water partition coefficient (Wildman–Crippen LogP) is 24.5. The van der Waals surface area contributed by atoms with Crippen molar-refractivity contribution in [3.8, 4) is 0 Å². The summed E-state index contributed by atoms with van der Waals surface area (Å²) in [6, 6.07) is 0. The van der Waals surface area contributed by atoms with E-state index in [2.05, 4.69) is 203 Å². The van der Waals surface area contributed by atoms with Crippen molar-refractivity contribution in [2.24, 2.45) is 0 Å². The Balaban J connectivity index is 4.71. The van der Waals surface area contributed by atoms with Gasteiger partial charge >= 0.3 is 33.6 Å². The summed E-state index contributed by atoms with van der Waals surface area (Å²) in [6.07, 6.45) is 103. The zero-order chi connectivity index (χ0) is 78.0. The summed E-state index contributed by atoms with van der Waals surface area (Å²) in [5.74, 6) is -1.62. The maximum absolute atomic E-state index is 13.0. The van der Waals surface area contributed by atoms with Crippen LogP contribution in [0.2, 0.25) is 0 Å². The van der Waals surface area contributed by atoms with Crippen LogP contribution in [0.25, 0.3) is 0 Å². The van der Waals surface area contributed by atoms with Crippen molar-refractivity contribution in [3.05, 3.63) is 182 Å². The van der Waals surface area contributed by atoms with E-state index in [9.17, 15) is 43.5 Å². The van der Waals surface area contributed by atoms with Gasteiger partial charge in [0.1, 0.15) is 25.4 Å². The number of phosphoric acid groups is 2. The first-order valence-electron chi connectivity index (χ1n) is 41.1. The largest absolute Gasteiger partial charge is 0.472 e. The van der Waals surface area contributed by atoms with Crippen molar-refractivity contribution in [3.63, 3.8) is 0 Å². The molecule has 0 aliphatic carbocycles. The highest BCUT2D eigenvalue weighted by Crippen LogP contribution is 2.45. The molecule has 0 aromatic rings. The van der Waals surface area contributed by atoms with Crippen LogP contribution >= 0.6 is 15.6 Å². The van der Waals surface area contributed by atoms with Crippen LogP contribution in [-0.2, 0) is 55.8 Å². The lowest BCUT2D eigenvalue weighted by atomic mass is 10.1. The number of phosphoric ester groups is 2. The van der Waals surface area contributed by atoms with E-state index in [4.69, 9.17) is 32.3 Å². The van der Waals surface area contributed by atoms with Gasteiger partial charge in [-0.25, -0.2) is 9.13 Å². The van der Waals surface area contributed by atoms with Crippen LogP contribution in [-0.4, -0.2) is 95.9 Å². The van der Waals surface area contributed by atoms with E-state index in [1.54, 1.807) is 0 Å². The van der Waals surface area contributed by atoms with E-state index in [1.165, 1.54) is 44.9 Å². The minimum Gasteiger partial charge on any atom is -0.463 e. The molecule has 0 aromatic heterocycles. The average molecular weight is 1530 g/mol. The molecule has 0 aliphatic heterocycles. The fourth-order valence-corrected chi connectivity index (χ4v) is 12.0. The molecule has 4 N–H and O–H groups in total. The molecule has 16 nitrogen and oxygen atoms in total. The van der Waals surface area contributed by atoms with Gasteiger partial charge in [0.15, 0.2) is 6.10 Å². The molecule has 18 heteroatoms. The molecule has 0 saturated carbocycles. The standard InChI is InChI=1S/C89H146O16P2/c1-4-7-10-13-16-19-22-25-28-31-34-37-39-40-41-42-44-47-48-51-54-57-60-63-66-69-72-75-87(92)99-78-84(90)79-101-106(95,96)102-80-85(91)81-103-107(97,98)104-83-86(105-89(94)77-74-71-68-65-62-59-56-53-50-45-36-33-30-27-24-21-18-15-12-9-6-3)82-100-88(93)76-73-70-67-64-61-58-55-52-49-46-43-38-35-32-29-26-23-20-17-14-11-8-5-2/h7,9-10,12,16-21,25-30,34-38,40-41,44-47,49,53,56,84-86,90-91H,4-6,8,11,13-15,22-24,31-33,39,42-43,48,50-52,54-55,57-83H2,1-3H3,(H,95,96)(H,97,98)/b10-7-,12-9-,19-16-,20-17-,21-18-,28-25-,29-26-,30-27-,37-34-,38-35-,41-40-,45-36-,47-44-,49-46-,56-53-. The number of esters is 3. The second-order valence-electron chi connectivity index (χ2n) is 26.8. The summed E-state index contributed by atoms with van der Waals surface area (Å²) < 4.78 is 61.3. The summed E-state index contributed by atoms with van der Waals surface area (Å²) in [7, 11) is -9.82. The summed E-state index contributed by atoms with van der Waals surface area (Å²) in [4.78, 5) is 58.8. The zero-order valence-corrected chi connectivity index (χ0v) is 68.3. The van der Waals surface area contributed by atoms with Gasteiger partial charge in [-0.1, -0.05) is 306 Å². The van der Waals surface area contributed by atoms with Crippen molar-refractivity contribution in [1.82, 2.24) is 0 Å². The van der Waals surface area contributed by atoms with E-state index in [1.807, 2.05) is 0 Å². The van der Waals surface area contributed by atoms with Crippen LogP contribution < -0.4 is 0 Å². The van der Waals surface area contributed by atoms with Crippen molar-refractivity contribution in [1.29, 1.82) is 0 Å². The number of carbonyl (C=O) groups is 3. The van der Waals surface area contributed by atoms with Gasteiger partial charge in [0.2, 0.25) is 0 Å². The van der Waals surface area contributed by atoms with E-state index < -0.39 is 91.5 Å². The zero-order valence-electron chi connectivity index (χ0n) is 66.5. The molecule has 0 aliphatic rings. The Bertz CT molecular complexity index is 2670. The van der Waals surface area contributed by atoms with Crippen LogP contribution in [0.5, 0.6) is 0 Å². The number of ether oxygens (including phenoxy) is 3. The highest BCUT2D eigenvalue weighted by Gasteiger charge is 2.29. The van der Waals surface area contributed by atoms with Crippen molar-refractivity contribution in [2.45, 2.75) is 322 Å². The SMILES string of the molecule is CC/C=C\C/C=C\C/C=C\C/C=C\C/C=C\C/C=C\CCCCCCCCCCC(=O)OCC(O)COP(=O)(O)OCC(O)COP(=O)(O)OCC(COC(=O)CCCCCCCCC/C=C\C/C=C\C/C=C\C/C=C\CCCCC)OC(=O)CCCCCCC/C=C\C/C=C\C/C=C\C/C=C\C/C=C\CC. The van der Waals surface area contributed by atoms with E-state index in [0.29, 0.717) is 19.3 Å². The van der Waals surface area contributed by atoms with Crippen molar-refractivity contribution < 1.29 is 75.8 Å². The average Bonchev–Trinajstić information content (AvgIpc) is 0.903. The predicted molar refractivity (Wildman–Crippen MR) is 445 cm³/mol. The van der Waals surface area contributed by atoms with Gasteiger partial charge in [-0.15, -0.1) is 0 Å². The third-order valence-electron chi connectivity index (χ3n) is 16.6. The van der Waals surface area contributed by atoms with Gasteiger partial charge in [0.25, 0.3) is 0 Å². The van der Waals surface area contributed by atoms with E-state index in [0.717, 1.165) is 199 Å². The molecule has 0 saturated heterocycles. The number of aliphatic hydroxyl groups excluding tert-OH is 2. The highest BCUT2D eigenvalue weighted by atomic mass is 31.2. The molecular weight excluding hydrogens is 1390 g/mol. The molecule has 0 heterocycles. The number of aliphatic hydroxyl groups is 2. The first-order chi connectivity index (χ1) is 52.2. The lowest BCUT2D eigenvalue weighted by Gasteiger charge is -2.21. The van der Waals surface area contributed by atoms with Crippen LogP contribution in [0.4, 0.5) is 0 Å². The minimum absolute atomic E-state index is 0.0728. The van der Waals surface area contributed by atoms with E-state index in [-0.39, 0.29) is 19.3 Å². The summed E-state index contributed by atoms with van der Waals surface area (Å²) in [5, 5.41) is 20.7. The Morgan fingerprint density at radius 3 is 0.785 bits per heavy atom. The first kappa shape index (κ1) is 102. The number of unbranched alkanes of at least 4 members (excludes halogenated alkanes) is 23. The van der Waals surface area contributed by atoms with Crippen molar-refractivity contribution in [2.75, 3.05) is 39.6 Å². The smallest absolute Gasteiger partial charge is 0.463 e. The van der Waals surface area contributed by atoms with Gasteiger partial charge in [-0.2, -0.15) is 0 Å². The topological polar surface area (TPSA) is 231 Å². The normalized spacial score (nSPS) is 14.9. The molecule has 107 heavy (non-hydrogen) atoms. The lowest BCUT2D eigenvalue weighted by Crippen LogP contribution is -2.30. The molecular formula is C89H146O16P2. The van der Waals surface area contributed by atoms with Gasteiger partial charge in [-0.3, -0.25) is 32.5 Å². The Hall–Kier alpha value is -5.35. The maximum atomic E-state index is 13.0. The Morgan fingerprint density at radius 1 is 0.271 bits per heavy atom. The quantitative estimate of drug-likeness (QED) is 0.0146. The third kappa shape index (κ3) is 81.5. The molecule has 0 fully saturated rings. The molecule has 0 amide bonds. The fourth-order valence-electron chi connectivity index (χ4n) is 10.4. The summed E-state index contributed by atoms with van der Waals surface area (Å²) in [6.45, 7) is 2.37. The van der Waals surface area contributed by atoms with Crippen LogP contribution in [0.15, 0.2) is 182 Å². The Labute approximate surface area is 649 Å². The Morgan fingerprint density at radius 2 is 0.495 bits per heavy atom. The number of rotatable bonds is 76. The fraction of sp³-hybridized carbons (Fsp3) is 0.629. The number of allylic oxidation sites excluding steroid dienone is 30. The van der Waals surface area contributed by atoms with Gasteiger partial charge < -0.3 is 34.2 Å². The molecule has 5 unspecified atom stereocenters. The first-order valence-corrected chi connectivity index (χ1v) is 44.1. The molecule has 0 aromatic carbocycles. The second kappa shape index (κ2) is 80.2. The second-order valence-corrected chi connectivity index (χ2v) is 29.7. The molecule has 0 spiro atoms. The molecule has 5 atom stereocenters. The van der Waals surface area contributed by atoms with Crippen LogP contribution in [0.1, 0.15) is 303 Å². The van der Waals surface area contributed by atoms with Gasteiger partial charge in [0, 0.05) is 19.3 Å². The van der Waals surface area contributed by atoms with Gasteiger partial charge in [0.05, 0.1) is 26.4 Å². The highest BCUT2D eigenvalue weighted by molar-refractivity contribution is 7.47. The van der Waals surface area contributed by atoms with Crippen molar-refractivity contribution >= 4 is 33.6 Å². The number of hydrogen-bond donors (Lipinski definition) is 4. The molecule has 0 bridgehead atoms. The third-order valence-corrected chi connectivity index (χ3v) is 18.5. The van der Waals surface area contributed by atoms with Crippen LogP contribution in [0.3, 0.4) is 0 Å². The summed E-state index contributed by atoms with van der Waals surface area (Å²) >= 11 is 0. The van der Waals surface area contributed by atoms with E-state index >= 15 is 0 Å². The Kier molecular flexibility index (Phi) is 76.2.